The van der Waals surface area contributed by atoms with E-state index in [2.05, 4.69) is 25.1 Å². The molecule has 88 valence electrons. The van der Waals surface area contributed by atoms with Crippen molar-refractivity contribution in [1.82, 2.24) is 0 Å². The summed E-state index contributed by atoms with van der Waals surface area (Å²) in [4.78, 5) is 0. The van der Waals surface area contributed by atoms with Gasteiger partial charge in [0.1, 0.15) is 0 Å². The summed E-state index contributed by atoms with van der Waals surface area (Å²) in [5.74, 6) is 0.449. The number of benzene rings is 1. The van der Waals surface area contributed by atoms with Crippen molar-refractivity contribution in [2.45, 2.75) is 45.4 Å². The van der Waals surface area contributed by atoms with Gasteiger partial charge in [0.05, 0.1) is 0 Å². The molecule has 0 aliphatic heterocycles. The Balaban J connectivity index is 2.04. The second kappa shape index (κ2) is 5.49. The third-order valence-corrected chi connectivity index (χ3v) is 3.64. The number of hydrogen-bond donors (Lipinski definition) is 1. The maximum Gasteiger partial charge on any atom is 0.0462 e. The summed E-state index contributed by atoms with van der Waals surface area (Å²) < 4.78 is 0. The molecule has 1 unspecified atom stereocenters. The van der Waals surface area contributed by atoms with Crippen LogP contribution in [0.4, 0.5) is 0 Å². The minimum atomic E-state index is 0.324. The molecule has 0 radical (unpaired) electrons. The lowest BCUT2D eigenvalue weighted by Gasteiger charge is -2.13. The molecule has 1 aromatic carbocycles. The monoisotopic (exact) mass is 218 g/mol. The fourth-order valence-corrected chi connectivity index (χ4v) is 2.75. The van der Waals surface area contributed by atoms with Gasteiger partial charge < -0.3 is 5.11 Å². The first kappa shape index (κ1) is 11.7. The second-order valence-electron chi connectivity index (χ2n) is 5.00. The Labute approximate surface area is 98.5 Å². The van der Waals surface area contributed by atoms with Gasteiger partial charge in [0.15, 0.2) is 0 Å². The summed E-state index contributed by atoms with van der Waals surface area (Å²) in [5, 5.41) is 9.31. The zero-order valence-electron chi connectivity index (χ0n) is 10.2. The summed E-state index contributed by atoms with van der Waals surface area (Å²) in [6.07, 6.45) is 7.16. The van der Waals surface area contributed by atoms with Crippen molar-refractivity contribution in [3.63, 3.8) is 0 Å². The van der Waals surface area contributed by atoms with E-state index >= 15 is 0 Å². The fraction of sp³-hybridized carbons (Fsp3) is 0.600. The van der Waals surface area contributed by atoms with E-state index in [4.69, 9.17) is 0 Å². The van der Waals surface area contributed by atoms with Gasteiger partial charge in [0.25, 0.3) is 0 Å². The molecular formula is C15H22O. The molecule has 0 saturated heterocycles. The Hall–Kier alpha value is -0.820. The van der Waals surface area contributed by atoms with Gasteiger partial charge in [-0.05, 0) is 54.7 Å². The van der Waals surface area contributed by atoms with Gasteiger partial charge in [-0.1, -0.05) is 31.5 Å². The van der Waals surface area contributed by atoms with Crippen LogP contribution in [0.2, 0.25) is 0 Å². The first-order chi connectivity index (χ1) is 7.83. The van der Waals surface area contributed by atoms with Crippen LogP contribution in [0.25, 0.3) is 0 Å². The number of hydrogen-bond acceptors (Lipinski definition) is 1. The van der Waals surface area contributed by atoms with E-state index in [0.717, 1.165) is 19.3 Å². The average Bonchev–Trinajstić information content (AvgIpc) is 2.75. The molecule has 0 fully saturated rings. The lowest BCUT2D eigenvalue weighted by atomic mass is 9.94. The van der Waals surface area contributed by atoms with Gasteiger partial charge in [-0.25, -0.2) is 0 Å². The molecule has 0 heterocycles. The van der Waals surface area contributed by atoms with Crippen molar-refractivity contribution >= 4 is 0 Å². The first-order valence-electron chi connectivity index (χ1n) is 6.55. The molecule has 1 N–H and O–H groups in total. The third kappa shape index (κ3) is 2.65. The molecule has 0 bridgehead atoms. The molecule has 1 aliphatic rings. The van der Waals surface area contributed by atoms with Crippen LogP contribution >= 0.6 is 0 Å². The number of aliphatic hydroxyl groups excluding tert-OH is 1. The van der Waals surface area contributed by atoms with Crippen LogP contribution in [-0.4, -0.2) is 11.7 Å². The van der Waals surface area contributed by atoms with Gasteiger partial charge in [-0.3, -0.25) is 0 Å². The Morgan fingerprint density at radius 3 is 2.81 bits per heavy atom. The van der Waals surface area contributed by atoms with Gasteiger partial charge in [-0.15, -0.1) is 0 Å². The van der Waals surface area contributed by atoms with E-state index in [1.165, 1.54) is 24.8 Å². The van der Waals surface area contributed by atoms with Crippen molar-refractivity contribution in [3.8, 4) is 0 Å². The number of aryl methyl sites for hydroxylation is 2. The van der Waals surface area contributed by atoms with Crippen molar-refractivity contribution in [2.75, 3.05) is 6.61 Å². The van der Waals surface area contributed by atoms with Crippen LogP contribution in [0.5, 0.6) is 0 Å². The average molecular weight is 218 g/mol. The molecule has 1 nitrogen and oxygen atoms in total. The molecule has 0 saturated carbocycles. The Kier molecular flexibility index (Phi) is 4.00. The molecular weight excluding hydrogens is 196 g/mol. The van der Waals surface area contributed by atoms with E-state index in [-0.39, 0.29) is 0 Å². The Morgan fingerprint density at radius 1 is 1.25 bits per heavy atom. The van der Waals surface area contributed by atoms with Gasteiger partial charge in [0, 0.05) is 6.61 Å². The van der Waals surface area contributed by atoms with Crippen molar-refractivity contribution in [1.29, 1.82) is 0 Å². The summed E-state index contributed by atoms with van der Waals surface area (Å²) in [6, 6.07) is 6.90. The molecule has 1 aromatic rings. The van der Waals surface area contributed by atoms with Crippen LogP contribution in [0, 0.1) is 5.92 Å². The zero-order valence-corrected chi connectivity index (χ0v) is 10.2. The van der Waals surface area contributed by atoms with Gasteiger partial charge in [0.2, 0.25) is 0 Å². The largest absolute Gasteiger partial charge is 0.396 e. The maximum absolute atomic E-state index is 9.31. The van der Waals surface area contributed by atoms with Crippen LogP contribution in [0.15, 0.2) is 18.2 Å². The van der Waals surface area contributed by atoms with E-state index in [1.54, 1.807) is 11.1 Å². The summed E-state index contributed by atoms with van der Waals surface area (Å²) >= 11 is 0. The SMILES string of the molecule is CCCC(CO)Cc1ccc2c(c1)CCC2. The van der Waals surface area contributed by atoms with Crippen LogP contribution in [0.1, 0.15) is 42.9 Å². The van der Waals surface area contributed by atoms with Crippen molar-refractivity contribution < 1.29 is 5.11 Å². The van der Waals surface area contributed by atoms with E-state index in [0.29, 0.717) is 12.5 Å². The topological polar surface area (TPSA) is 20.2 Å². The predicted molar refractivity (Wildman–Crippen MR) is 67.7 cm³/mol. The standard InChI is InChI=1S/C15H22O/c1-2-4-13(11-16)9-12-7-8-14-5-3-6-15(14)10-12/h7-8,10,13,16H,2-6,9,11H2,1H3. The fourth-order valence-electron chi connectivity index (χ4n) is 2.75. The van der Waals surface area contributed by atoms with Gasteiger partial charge in [-0.2, -0.15) is 0 Å². The highest BCUT2D eigenvalue weighted by Gasteiger charge is 2.13. The molecule has 16 heavy (non-hydrogen) atoms. The lowest BCUT2D eigenvalue weighted by molar-refractivity contribution is 0.217. The smallest absolute Gasteiger partial charge is 0.0462 e. The molecule has 0 aromatic heterocycles. The molecule has 2 rings (SSSR count). The van der Waals surface area contributed by atoms with E-state index in [1.807, 2.05) is 0 Å². The number of aliphatic hydroxyl groups is 1. The van der Waals surface area contributed by atoms with E-state index in [9.17, 15) is 5.11 Å². The lowest BCUT2D eigenvalue weighted by Crippen LogP contribution is -2.09. The minimum absolute atomic E-state index is 0.324. The van der Waals surface area contributed by atoms with E-state index < -0.39 is 0 Å². The summed E-state index contributed by atoms with van der Waals surface area (Å²) in [6.45, 7) is 2.51. The number of fused-ring (bicyclic) bond motifs is 1. The van der Waals surface area contributed by atoms with Gasteiger partial charge >= 0.3 is 0 Å². The molecule has 1 atom stereocenters. The maximum atomic E-state index is 9.31. The quantitative estimate of drug-likeness (QED) is 0.805. The molecule has 1 heteroatoms. The van der Waals surface area contributed by atoms with Crippen LogP contribution < -0.4 is 0 Å². The Morgan fingerprint density at radius 2 is 2.06 bits per heavy atom. The predicted octanol–water partition coefficient (Wildman–Crippen LogP) is 3.13. The highest BCUT2D eigenvalue weighted by molar-refractivity contribution is 5.35. The normalized spacial score (nSPS) is 16.1. The van der Waals surface area contributed by atoms with Crippen LogP contribution in [-0.2, 0) is 19.3 Å². The molecule has 0 spiro atoms. The zero-order chi connectivity index (χ0) is 11.4. The summed E-state index contributed by atoms with van der Waals surface area (Å²) in [5.41, 5.74) is 4.50. The molecule has 1 aliphatic carbocycles. The highest BCUT2D eigenvalue weighted by Crippen LogP contribution is 2.24. The Bertz CT molecular complexity index is 343. The van der Waals surface area contributed by atoms with Crippen molar-refractivity contribution in [3.05, 3.63) is 34.9 Å². The minimum Gasteiger partial charge on any atom is -0.396 e. The second-order valence-corrected chi connectivity index (χ2v) is 5.00. The molecule has 0 amide bonds. The van der Waals surface area contributed by atoms with Crippen molar-refractivity contribution in [2.24, 2.45) is 5.92 Å². The highest BCUT2D eigenvalue weighted by atomic mass is 16.3. The number of rotatable bonds is 5. The summed E-state index contributed by atoms with van der Waals surface area (Å²) in [7, 11) is 0. The third-order valence-electron chi connectivity index (χ3n) is 3.64. The van der Waals surface area contributed by atoms with Crippen LogP contribution in [0.3, 0.4) is 0 Å². The first-order valence-corrected chi connectivity index (χ1v) is 6.55.